The molecule has 0 unspecified atom stereocenters. The number of benzene rings is 1. The van der Waals surface area contributed by atoms with Gasteiger partial charge in [-0.2, -0.15) is 4.31 Å². The highest BCUT2D eigenvalue weighted by atomic mass is 35.5. The zero-order chi connectivity index (χ0) is 18.9. The number of amides is 1. The molecular formula is C17H24Cl2N3O3S+. The first-order valence-corrected chi connectivity index (χ1v) is 11.1. The minimum absolute atomic E-state index is 0.0334. The maximum Gasteiger partial charge on any atom is 0.275 e. The number of carbonyl (C=O) groups is 1. The Labute approximate surface area is 164 Å². The third-order valence-electron chi connectivity index (χ3n) is 5.09. The van der Waals surface area contributed by atoms with Crippen LogP contribution in [0.5, 0.6) is 0 Å². The number of hydrogen-bond acceptors (Lipinski definition) is 3. The van der Waals surface area contributed by atoms with Crippen molar-refractivity contribution < 1.29 is 18.1 Å². The van der Waals surface area contributed by atoms with Crippen LogP contribution in [0.15, 0.2) is 23.1 Å². The summed E-state index contributed by atoms with van der Waals surface area (Å²) < 4.78 is 27.0. The molecule has 1 saturated heterocycles. The molecule has 1 saturated carbocycles. The second kappa shape index (κ2) is 8.02. The zero-order valence-electron chi connectivity index (χ0n) is 14.7. The molecule has 0 radical (unpaired) electrons. The number of hydrogen-bond donors (Lipinski definition) is 2. The van der Waals surface area contributed by atoms with Crippen LogP contribution in [-0.2, 0) is 14.8 Å². The van der Waals surface area contributed by atoms with Gasteiger partial charge in [-0.3, -0.25) is 4.79 Å². The van der Waals surface area contributed by atoms with E-state index in [1.54, 1.807) is 12.1 Å². The maximum absolute atomic E-state index is 12.8. The van der Waals surface area contributed by atoms with Crippen LogP contribution in [0.2, 0.25) is 10.0 Å². The first-order chi connectivity index (χ1) is 12.3. The molecule has 1 aromatic carbocycles. The summed E-state index contributed by atoms with van der Waals surface area (Å²) in [6.45, 7) is 4.30. The fourth-order valence-electron chi connectivity index (χ4n) is 3.29. The molecule has 2 N–H and O–H groups in total. The normalized spacial score (nSPS) is 20.7. The van der Waals surface area contributed by atoms with Crippen LogP contribution in [-0.4, -0.2) is 57.4 Å². The van der Waals surface area contributed by atoms with Crippen molar-refractivity contribution in [1.82, 2.24) is 9.62 Å². The van der Waals surface area contributed by atoms with Crippen LogP contribution in [0.3, 0.4) is 0 Å². The van der Waals surface area contributed by atoms with E-state index in [1.807, 2.05) is 6.92 Å². The van der Waals surface area contributed by atoms with Crippen molar-refractivity contribution in [1.29, 1.82) is 0 Å². The number of nitrogens with zero attached hydrogens (tertiary/aromatic N) is 1. The monoisotopic (exact) mass is 420 g/mol. The van der Waals surface area contributed by atoms with Crippen LogP contribution in [0.25, 0.3) is 0 Å². The van der Waals surface area contributed by atoms with E-state index in [0.717, 1.165) is 4.90 Å². The van der Waals surface area contributed by atoms with E-state index in [-0.39, 0.29) is 26.9 Å². The Balaban J connectivity index is 1.56. The Morgan fingerprint density at radius 2 is 1.96 bits per heavy atom. The van der Waals surface area contributed by atoms with Crippen molar-refractivity contribution in [2.75, 3.05) is 32.7 Å². The summed E-state index contributed by atoms with van der Waals surface area (Å²) in [4.78, 5) is 13.3. The van der Waals surface area contributed by atoms with Crippen molar-refractivity contribution >= 4 is 39.1 Å². The van der Waals surface area contributed by atoms with Crippen molar-refractivity contribution in [3.8, 4) is 0 Å². The number of sulfonamides is 1. The first kappa shape index (κ1) is 19.9. The van der Waals surface area contributed by atoms with Crippen molar-refractivity contribution in [3.05, 3.63) is 28.2 Å². The minimum atomic E-state index is -3.69. The smallest absolute Gasteiger partial charge is 0.275 e. The summed E-state index contributed by atoms with van der Waals surface area (Å²) in [5, 5.41) is 3.32. The van der Waals surface area contributed by atoms with E-state index in [1.165, 1.54) is 23.2 Å². The Hall–Kier alpha value is -0.860. The highest BCUT2D eigenvalue weighted by molar-refractivity contribution is 7.89. The van der Waals surface area contributed by atoms with Crippen molar-refractivity contribution in [3.63, 3.8) is 0 Å². The quantitative estimate of drug-likeness (QED) is 0.714. The van der Waals surface area contributed by atoms with Gasteiger partial charge in [0.1, 0.15) is 4.90 Å². The molecule has 0 aromatic heterocycles. The summed E-state index contributed by atoms with van der Waals surface area (Å²) in [5.74, 6) is 0.659. The number of quaternary nitrogens is 1. The third-order valence-corrected chi connectivity index (χ3v) is 7.96. The molecule has 6 nitrogen and oxygen atoms in total. The van der Waals surface area contributed by atoms with Gasteiger partial charge in [0.25, 0.3) is 5.91 Å². The summed E-state index contributed by atoms with van der Waals surface area (Å²) in [6.07, 6.45) is 2.38. The van der Waals surface area contributed by atoms with Gasteiger partial charge in [-0.25, -0.2) is 8.42 Å². The van der Waals surface area contributed by atoms with Crippen LogP contribution < -0.4 is 10.2 Å². The fraction of sp³-hybridized carbons (Fsp3) is 0.588. The van der Waals surface area contributed by atoms with Gasteiger partial charge in [0, 0.05) is 6.04 Å². The lowest BCUT2D eigenvalue weighted by Crippen LogP contribution is -3.15. The first-order valence-electron chi connectivity index (χ1n) is 8.86. The predicted octanol–water partition coefficient (Wildman–Crippen LogP) is 0.797. The predicted molar refractivity (Wildman–Crippen MR) is 101 cm³/mol. The van der Waals surface area contributed by atoms with E-state index >= 15 is 0 Å². The van der Waals surface area contributed by atoms with E-state index in [0.29, 0.717) is 38.6 Å². The van der Waals surface area contributed by atoms with Gasteiger partial charge in [0.2, 0.25) is 10.0 Å². The number of halogens is 2. The summed E-state index contributed by atoms with van der Waals surface area (Å²) in [7, 11) is -3.69. The molecule has 1 aliphatic heterocycles. The molecular weight excluding hydrogens is 397 g/mol. The second-order valence-electron chi connectivity index (χ2n) is 7.08. The van der Waals surface area contributed by atoms with Gasteiger partial charge < -0.3 is 10.2 Å². The molecule has 26 heavy (non-hydrogen) atoms. The minimum Gasteiger partial charge on any atom is -0.348 e. The number of carbonyl (C=O) groups excluding carboxylic acids is 1. The molecule has 2 fully saturated rings. The Morgan fingerprint density at radius 1 is 1.31 bits per heavy atom. The highest BCUT2D eigenvalue weighted by Gasteiger charge is 2.34. The van der Waals surface area contributed by atoms with Crippen LogP contribution in [0.4, 0.5) is 0 Å². The molecule has 1 atom stereocenters. The molecule has 1 heterocycles. The van der Waals surface area contributed by atoms with E-state index < -0.39 is 10.0 Å². The maximum atomic E-state index is 12.8. The van der Waals surface area contributed by atoms with Crippen LogP contribution >= 0.6 is 23.2 Å². The average molecular weight is 421 g/mol. The van der Waals surface area contributed by atoms with Gasteiger partial charge in [0.05, 0.1) is 36.2 Å². The van der Waals surface area contributed by atoms with Crippen LogP contribution in [0, 0.1) is 5.92 Å². The highest BCUT2D eigenvalue weighted by Crippen LogP contribution is 2.32. The summed E-state index contributed by atoms with van der Waals surface area (Å²) >= 11 is 12.0. The molecule has 0 spiro atoms. The van der Waals surface area contributed by atoms with Gasteiger partial charge in [-0.15, -0.1) is 0 Å². The molecule has 144 valence electrons. The topological polar surface area (TPSA) is 70.9 Å². The van der Waals surface area contributed by atoms with E-state index in [2.05, 4.69) is 5.32 Å². The zero-order valence-corrected chi connectivity index (χ0v) is 17.0. The molecule has 2 aliphatic rings. The molecule has 3 rings (SSSR count). The fourth-order valence-corrected chi connectivity index (χ4v) is 5.47. The van der Waals surface area contributed by atoms with Crippen molar-refractivity contribution in [2.45, 2.75) is 30.7 Å². The van der Waals surface area contributed by atoms with Gasteiger partial charge in [0.15, 0.2) is 6.54 Å². The average Bonchev–Trinajstić information content (AvgIpc) is 3.42. The third kappa shape index (κ3) is 4.51. The van der Waals surface area contributed by atoms with E-state index in [9.17, 15) is 13.2 Å². The standard InChI is InChI=1S/C17H23Cl2N3O3S/c1-12(13-5-6-13)20-16(23)11-21-7-9-22(10-8-21)26(24,25)15-4-2-3-14(18)17(15)19/h2-4,12-13H,5-11H2,1H3,(H,20,23)/p+1/t12-/m1/s1. The number of piperazine rings is 1. The molecule has 1 aromatic rings. The molecule has 0 bridgehead atoms. The molecule has 9 heteroatoms. The largest absolute Gasteiger partial charge is 0.348 e. The SMILES string of the molecule is C[C@@H](NC(=O)C[NH+]1CCN(S(=O)(=O)c2cccc(Cl)c2Cl)CC1)C1CC1. The lowest BCUT2D eigenvalue weighted by atomic mass is 10.2. The summed E-state index contributed by atoms with van der Waals surface area (Å²) in [6, 6.07) is 4.84. The Kier molecular flexibility index (Phi) is 6.14. The van der Waals surface area contributed by atoms with Crippen LogP contribution in [0.1, 0.15) is 19.8 Å². The number of rotatable bonds is 6. The van der Waals surface area contributed by atoms with E-state index in [4.69, 9.17) is 23.2 Å². The number of nitrogens with one attached hydrogen (secondary N) is 2. The Morgan fingerprint density at radius 3 is 2.58 bits per heavy atom. The Bertz CT molecular complexity index is 775. The molecule has 1 amide bonds. The lowest BCUT2D eigenvalue weighted by molar-refractivity contribution is -0.895. The van der Waals surface area contributed by atoms with Gasteiger partial charge in [-0.1, -0.05) is 29.3 Å². The molecule has 1 aliphatic carbocycles. The van der Waals surface area contributed by atoms with Crippen molar-refractivity contribution in [2.24, 2.45) is 5.92 Å². The lowest BCUT2D eigenvalue weighted by Gasteiger charge is -2.31. The van der Waals surface area contributed by atoms with Gasteiger partial charge >= 0.3 is 0 Å². The van der Waals surface area contributed by atoms with Gasteiger partial charge in [-0.05, 0) is 37.8 Å². The summed E-state index contributed by atoms with van der Waals surface area (Å²) in [5.41, 5.74) is 0. The second-order valence-corrected chi connectivity index (χ2v) is 9.77.